The Morgan fingerprint density at radius 2 is 1.83 bits per heavy atom. The minimum Gasteiger partial charge on any atom is -0.487 e. The molecule has 0 bridgehead atoms. The number of anilines is 1. The van der Waals surface area contributed by atoms with E-state index in [0.29, 0.717) is 42.1 Å². The number of halogens is 1. The van der Waals surface area contributed by atoms with E-state index in [0.717, 1.165) is 0 Å². The molecule has 23 heavy (non-hydrogen) atoms. The molecule has 1 fully saturated rings. The normalized spacial score (nSPS) is 21.0. The van der Waals surface area contributed by atoms with Gasteiger partial charge in [-0.1, -0.05) is 17.7 Å². The van der Waals surface area contributed by atoms with Crippen molar-refractivity contribution >= 4 is 29.2 Å². The second-order valence-electron chi connectivity index (χ2n) is 6.16. The van der Waals surface area contributed by atoms with E-state index in [1.165, 1.54) is 0 Å². The summed E-state index contributed by atoms with van der Waals surface area (Å²) in [5.41, 5.74) is 0.552. The van der Waals surface area contributed by atoms with Gasteiger partial charge in [-0.15, -0.1) is 0 Å². The Morgan fingerprint density at radius 3 is 2.39 bits per heavy atom. The third-order valence-corrected chi connectivity index (χ3v) is 4.32. The Hall–Kier alpha value is -1.75. The summed E-state index contributed by atoms with van der Waals surface area (Å²) < 4.78 is 5.69. The largest absolute Gasteiger partial charge is 0.487 e. The van der Waals surface area contributed by atoms with Gasteiger partial charge in [0.05, 0.1) is 22.7 Å². The van der Waals surface area contributed by atoms with Crippen LogP contribution in [0.3, 0.4) is 0 Å². The molecule has 0 saturated heterocycles. The highest BCUT2D eigenvalue weighted by Gasteiger charge is 2.30. The fourth-order valence-electron chi connectivity index (χ4n) is 2.80. The van der Waals surface area contributed by atoms with Gasteiger partial charge in [-0.25, -0.2) is 0 Å². The molecular weight excluding hydrogens is 318 g/mol. The van der Waals surface area contributed by atoms with Crippen molar-refractivity contribution in [2.24, 2.45) is 11.8 Å². The number of carboxylic acids is 1. The lowest BCUT2D eigenvalue weighted by molar-refractivity contribution is -0.143. The van der Waals surface area contributed by atoms with Crippen LogP contribution >= 0.6 is 11.6 Å². The molecule has 2 N–H and O–H groups in total. The topological polar surface area (TPSA) is 75.6 Å². The summed E-state index contributed by atoms with van der Waals surface area (Å²) in [6, 6.07) is 5.23. The molecule has 126 valence electrons. The quantitative estimate of drug-likeness (QED) is 0.851. The second kappa shape index (κ2) is 7.68. The Labute approximate surface area is 141 Å². The minimum absolute atomic E-state index is 0.0587. The zero-order chi connectivity index (χ0) is 17.0. The molecule has 1 aromatic carbocycles. The van der Waals surface area contributed by atoms with Crippen LogP contribution in [0.25, 0.3) is 0 Å². The highest BCUT2D eigenvalue weighted by atomic mass is 35.5. The number of nitrogens with one attached hydrogen (secondary N) is 1. The standard InChI is InChI=1S/C17H22ClNO4/c1-10(2)23-15-13(18)4-3-5-14(15)19-16(20)11-6-8-12(9-7-11)17(21)22/h3-5,10-12H,6-9H2,1-2H3,(H,19,20)(H,21,22). The molecule has 0 spiro atoms. The molecule has 1 aliphatic rings. The molecule has 6 heteroatoms. The smallest absolute Gasteiger partial charge is 0.306 e. The molecular formula is C17H22ClNO4. The van der Waals surface area contributed by atoms with E-state index in [9.17, 15) is 9.59 Å². The van der Waals surface area contributed by atoms with Gasteiger partial charge in [-0.05, 0) is 51.7 Å². The van der Waals surface area contributed by atoms with Crippen LogP contribution in [0.1, 0.15) is 39.5 Å². The van der Waals surface area contributed by atoms with E-state index in [2.05, 4.69) is 5.32 Å². The maximum Gasteiger partial charge on any atom is 0.306 e. The van der Waals surface area contributed by atoms with Gasteiger partial charge in [0, 0.05) is 5.92 Å². The van der Waals surface area contributed by atoms with Crippen molar-refractivity contribution in [2.45, 2.75) is 45.6 Å². The number of ether oxygens (including phenoxy) is 1. The van der Waals surface area contributed by atoms with E-state index in [4.69, 9.17) is 21.4 Å². The van der Waals surface area contributed by atoms with Crippen molar-refractivity contribution in [3.63, 3.8) is 0 Å². The summed E-state index contributed by atoms with van der Waals surface area (Å²) in [7, 11) is 0. The Morgan fingerprint density at radius 1 is 1.22 bits per heavy atom. The Balaban J connectivity index is 2.04. The summed E-state index contributed by atoms with van der Waals surface area (Å²) in [5.74, 6) is -0.908. The van der Waals surface area contributed by atoms with Gasteiger partial charge in [0.15, 0.2) is 5.75 Å². The van der Waals surface area contributed by atoms with Crippen LogP contribution in [0.15, 0.2) is 18.2 Å². The molecule has 0 radical (unpaired) electrons. The van der Waals surface area contributed by atoms with Gasteiger partial charge in [0.1, 0.15) is 0 Å². The molecule has 5 nitrogen and oxygen atoms in total. The maximum absolute atomic E-state index is 12.4. The lowest BCUT2D eigenvalue weighted by Gasteiger charge is -2.25. The first kappa shape index (κ1) is 17.6. The third kappa shape index (κ3) is 4.61. The number of carboxylic acid groups (broad SMARTS) is 1. The molecule has 0 aliphatic heterocycles. The monoisotopic (exact) mass is 339 g/mol. The number of hydrogen-bond acceptors (Lipinski definition) is 3. The van der Waals surface area contributed by atoms with E-state index in [1.807, 2.05) is 13.8 Å². The number of rotatable bonds is 5. The van der Waals surface area contributed by atoms with Gasteiger partial charge in [-0.2, -0.15) is 0 Å². The molecule has 2 rings (SSSR count). The first-order chi connectivity index (χ1) is 10.9. The van der Waals surface area contributed by atoms with Gasteiger partial charge in [0.2, 0.25) is 5.91 Å². The zero-order valence-corrected chi connectivity index (χ0v) is 14.1. The van der Waals surface area contributed by atoms with E-state index < -0.39 is 5.97 Å². The van der Waals surface area contributed by atoms with Gasteiger partial charge in [-0.3, -0.25) is 9.59 Å². The van der Waals surface area contributed by atoms with Crippen LogP contribution in [0.4, 0.5) is 5.69 Å². The number of amides is 1. The van der Waals surface area contributed by atoms with Gasteiger partial charge >= 0.3 is 5.97 Å². The van der Waals surface area contributed by atoms with Crippen LogP contribution in [0, 0.1) is 11.8 Å². The highest BCUT2D eigenvalue weighted by Crippen LogP contribution is 2.35. The molecule has 1 saturated carbocycles. The molecule has 1 amide bonds. The van der Waals surface area contributed by atoms with Crippen molar-refractivity contribution < 1.29 is 19.4 Å². The second-order valence-corrected chi connectivity index (χ2v) is 6.57. The van der Waals surface area contributed by atoms with Crippen molar-refractivity contribution in [3.8, 4) is 5.75 Å². The van der Waals surface area contributed by atoms with Crippen LogP contribution in [0.2, 0.25) is 5.02 Å². The maximum atomic E-state index is 12.4. The number of benzene rings is 1. The summed E-state index contributed by atoms with van der Waals surface area (Å²) in [6.07, 6.45) is 2.20. The molecule has 0 heterocycles. The molecule has 0 aromatic heterocycles. The Kier molecular flexibility index (Phi) is 5.88. The molecule has 0 atom stereocenters. The minimum atomic E-state index is -0.772. The van der Waals surface area contributed by atoms with E-state index in [1.54, 1.807) is 18.2 Å². The summed E-state index contributed by atoms with van der Waals surface area (Å²) >= 11 is 6.16. The number of aliphatic carboxylic acids is 1. The SMILES string of the molecule is CC(C)Oc1c(Cl)cccc1NC(=O)C1CCC(C(=O)O)CC1. The fraction of sp³-hybridized carbons (Fsp3) is 0.529. The van der Waals surface area contributed by atoms with Crippen molar-refractivity contribution in [1.29, 1.82) is 0 Å². The average molecular weight is 340 g/mol. The number of carbonyl (C=O) groups is 2. The molecule has 1 aliphatic carbocycles. The van der Waals surface area contributed by atoms with E-state index in [-0.39, 0.29) is 23.8 Å². The van der Waals surface area contributed by atoms with Crippen LogP contribution < -0.4 is 10.1 Å². The lowest BCUT2D eigenvalue weighted by atomic mass is 9.81. The van der Waals surface area contributed by atoms with Crippen molar-refractivity contribution in [3.05, 3.63) is 23.2 Å². The third-order valence-electron chi connectivity index (χ3n) is 4.03. The van der Waals surface area contributed by atoms with Crippen molar-refractivity contribution in [2.75, 3.05) is 5.32 Å². The lowest BCUT2D eigenvalue weighted by Crippen LogP contribution is -2.29. The predicted octanol–water partition coefficient (Wildman–Crippen LogP) is 3.96. The van der Waals surface area contributed by atoms with Crippen LogP contribution in [0.5, 0.6) is 5.75 Å². The Bertz CT molecular complexity index is 580. The highest BCUT2D eigenvalue weighted by molar-refractivity contribution is 6.32. The number of para-hydroxylation sites is 1. The fourth-order valence-corrected chi connectivity index (χ4v) is 3.02. The first-order valence-corrected chi connectivity index (χ1v) is 8.25. The number of carbonyl (C=O) groups excluding carboxylic acids is 1. The van der Waals surface area contributed by atoms with Gasteiger partial charge in [0.25, 0.3) is 0 Å². The summed E-state index contributed by atoms with van der Waals surface area (Å²) in [5, 5.41) is 12.3. The van der Waals surface area contributed by atoms with Crippen LogP contribution in [-0.4, -0.2) is 23.1 Å². The summed E-state index contributed by atoms with van der Waals surface area (Å²) in [6.45, 7) is 3.78. The van der Waals surface area contributed by atoms with Crippen molar-refractivity contribution in [1.82, 2.24) is 0 Å². The van der Waals surface area contributed by atoms with Crippen LogP contribution in [-0.2, 0) is 9.59 Å². The summed E-state index contributed by atoms with van der Waals surface area (Å²) in [4.78, 5) is 23.4. The molecule has 1 aromatic rings. The van der Waals surface area contributed by atoms with Gasteiger partial charge < -0.3 is 15.2 Å². The average Bonchev–Trinajstić information content (AvgIpc) is 2.50. The number of hydrogen-bond donors (Lipinski definition) is 2. The molecule has 0 unspecified atom stereocenters. The zero-order valence-electron chi connectivity index (χ0n) is 13.3. The van der Waals surface area contributed by atoms with E-state index >= 15 is 0 Å². The first-order valence-electron chi connectivity index (χ1n) is 7.87. The predicted molar refractivity (Wildman–Crippen MR) is 88.9 cm³/mol.